The standard InChI is InChI=1S/C27H34O5/c1-5-7-17-11-13-24-20(15-17)25-22(27(2,3)32-24)16-21(26(28)29)23(31-25)12-10-18-8-6-9-19(14-18)30-4/h6,8-9,11,13-15,21-23,25H,5,7,10,12,16H2,1-4H3,(H,28,29)/t21-,22-,23-,25+/m0/s1. The minimum atomic E-state index is -0.791. The van der Waals surface area contributed by atoms with Crippen LogP contribution in [-0.2, 0) is 22.4 Å². The van der Waals surface area contributed by atoms with Crippen LogP contribution < -0.4 is 9.47 Å². The molecule has 0 aliphatic carbocycles. The Kier molecular flexibility index (Phi) is 6.47. The topological polar surface area (TPSA) is 65.0 Å². The number of rotatable bonds is 7. The molecule has 0 saturated carbocycles. The number of carboxylic acid groups (broad SMARTS) is 1. The zero-order valence-corrected chi connectivity index (χ0v) is 19.5. The van der Waals surface area contributed by atoms with Crippen LogP contribution in [0.4, 0.5) is 0 Å². The number of carboxylic acids is 1. The minimum Gasteiger partial charge on any atom is -0.497 e. The van der Waals surface area contributed by atoms with E-state index in [1.165, 1.54) is 5.56 Å². The molecule has 2 aromatic rings. The summed E-state index contributed by atoms with van der Waals surface area (Å²) in [5, 5.41) is 10.0. The third-order valence-corrected chi connectivity index (χ3v) is 7.00. The Morgan fingerprint density at radius 3 is 2.66 bits per heavy atom. The van der Waals surface area contributed by atoms with Crippen molar-refractivity contribution in [3.63, 3.8) is 0 Å². The molecule has 2 heterocycles. The Morgan fingerprint density at radius 1 is 1.16 bits per heavy atom. The number of fused-ring (bicyclic) bond motifs is 3. The number of ether oxygens (including phenoxy) is 3. The van der Waals surface area contributed by atoms with Crippen LogP contribution in [0.5, 0.6) is 11.5 Å². The third kappa shape index (κ3) is 4.49. The SMILES string of the molecule is CCCc1ccc2c(c1)[C@H]1O[C@@H](CCc3cccc(OC)c3)[C@@H](C(=O)O)C[C@@H]1C(C)(C)O2. The van der Waals surface area contributed by atoms with Gasteiger partial charge in [0.2, 0.25) is 0 Å². The highest BCUT2D eigenvalue weighted by Gasteiger charge is 2.51. The summed E-state index contributed by atoms with van der Waals surface area (Å²) in [6.45, 7) is 6.27. The highest BCUT2D eigenvalue weighted by molar-refractivity contribution is 5.71. The first kappa shape index (κ1) is 22.7. The van der Waals surface area contributed by atoms with Crippen LogP contribution >= 0.6 is 0 Å². The summed E-state index contributed by atoms with van der Waals surface area (Å²) in [6.07, 6.45) is 3.51. The molecule has 1 saturated heterocycles. The molecule has 2 aliphatic rings. The number of methoxy groups -OCH3 is 1. The molecular formula is C27H34O5. The lowest BCUT2D eigenvalue weighted by molar-refractivity contribution is -0.188. The molecule has 0 bridgehead atoms. The van der Waals surface area contributed by atoms with Gasteiger partial charge in [-0.25, -0.2) is 0 Å². The highest BCUT2D eigenvalue weighted by Crippen LogP contribution is 2.52. The van der Waals surface area contributed by atoms with Gasteiger partial charge in [0.05, 0.1) is 25.2 Å². The lowest BCUT2D eigenvalue weighted by Crippen LogP contribution is -2.52. The van der Waals surface area contributed by atoms with Crippen molar-refractivity contribution >= 4 is 5.97 Å². The third-order valence-electron chi connectivity index (χ3n) is 7.00. The predicted molar refractivity (Wildman–Crippen MR) is 123 cm³/mol. The molecule has 0 amide bonds. The van der Waals surface area contributed by atoms with Crippen LogP contribution in [0.1, 0.15) is 62.8 Å². The van der Waals surface area contributed by atoms with Crippen LogP contribution in [-0.4, -0.2) is 29.9 Å². The average molecular weight is 439 g/mol. The number of aryl methyl sites for hydroxylation is 2. The van der Waals surface area contributed by atoms with E-state index in [4.69, 9.17) is 14.2 Å². The van der Waals surface area contributed by atoms with Crippen molar-refractivity contribution in [2.45, 2.75) is 70.7 Å². The monoisotopic (exact) mass is 438 g/mol. The molecular weight excluding hydrogens is 404 g/mol. The van der Waals surface area contributed by atoms with E-state index in [0.717, 1.165) is 41.9 Å². The summed E-state index contributed by atoms with van der Waals surface area (Å²) >= 11 is 0. The second-order valence-corrected chi connectivity index (χ2v) is 9.60. The maximum Gasteiger partial charge on any atom is 0.309 e. The molecule has 5 heteroatoms. The smallest absolute Gasteiger partial charge is 0.309 e. The molecule has 4 rings (SSSR count). The van der Waals surface area contributed by atoms with Crippen molar-refractivity contribution in [3.05, 3.63) is 59.2 Å². The van der Waals surface area contributed by atoms with E-state index in [-0.39, 0.29) is 18.1 Å². The van der Waals surface area contributed by atoms with Gasteiger partial charge in [-0.2, -0.15) is 0 Å². The molecule has 0 aromatic heterocycles. The average Bonchev–Trinajstić information content (AvgIpc) is 2.77. The van der Waals surface area contributed by atoms with Crippen LogP contribution in [0.3, 0.4) is 0 Å². The minimum absolute atomic E-state index is 0.0129. The lowest BCUT2D eigenvalue weighted by atomic mass is 9.71. The predicted octanol–water partition coefficient (Wildman–Crippen LogP) is 5.60. The van der Waals surface area contributed by atoms with E-state index >= 15 is 0 Å². The summed E-state index contributed by atoms with van der Waals surface area (Å²) < 4.78 is 18.3. The Bertz CT molecular complexity index is 966. The fraction of sp³-hybridized carbons (Fsp3) is 0.519. The first-order valence-electron chi connectivity index (χ1n) is 11.7. The van der Waals surface area contributed by atoms with Gasteiger partial charge in [-0.05, 0) is 74.9 Å². The van der Waals surface area contributed by atoms with E-state index in [0.29, 0.717) is 12.8 Å². The first-order valence-corrected chi connectivity index (χ1v) is 11.7. The van der Waals surface area contributed by atoms with Gasteiger partial charge >= 0.3 is 5.97 Å². The summed E-state index contributed by atoms with van der Waals surface area (Å²) in [7, 11) is 1.65. The van der Waals surface area contributed by atoms with Gasteiger partial charge < -0.3 is 19.3 Å². The summed E-state index contributed by atoms with van der Waals surface area (Å²) in [6, 6.07) is 14.3. The molecule has 0 unspecified atom stereocenters. The quantitative estimate of drug-likeness (QED) is 0.610. The Labute approximate surface area is 190 Å². The first-order chi connectivity index (χ1) is 15.3. The molecule has 5 nitrogen and oxygen atoms in total. The van der Waals surface area contributed by atoms with Crippen molar-refractivity contribution in [2.24, 2.45) is 11.8 Å². The van der Waals surface area contributed by atoms with Gasteiger partial charge in [-0.3, -0.25) is 4.79 Å². The second kappa shape index (κ2) is 9.14. The molecule has 0 radical (unpaired) electrons. The van der Waals surface area contributed by atoms with E-state index in [2.05, 4.69) is 25.1 Å². The molecule has 32 heavy (non-hydrogen) atoms. The van der Waals surface area contributed by atoms with E-state index < -0.39 is 17.5 Å². The van der Waals surface area contributed by atoms with Gasteiger partial charge in [0.25, 0.3) is 0 Å². The van der Waals surface area contributed by atoms with Crippen LogP contribution in [0.2, 0.25) is 0 Å². The van der Waals surface area contributed by atoms with Crippen LogP contribution in [0.25, 0.3) is 0 Å². The van der Waals surface area contributed by atoms with Crippen molar-refractivity contribution in [1.82, 2.24) is 0 Å². The Morgan fingerprint density at radius 2 is 1.94 bits per heavy atom. The largest absolute Gasteiger partial charge is 0.497 e. The molecule has 1 fully saturated rings. The van der Waals surface area contributed by atoms with Crippen molar-refractivity contribution in [3.8, 4) is 11.5 Å². The molecule has 2 aromatic carbocycles. The molecule has 2 aliphatic heterocycles. The molecule has 172 valence electrons. The number of hydrogen-bond acceptors (Lipinski definition) is 4. The van der Waals surface area contributed by atoms with E-state index in [1.807, 2.05) is 38.1 Å². The molecule has 0 spiro atoms. The zero-order valence-electron chi connectivity index (χ0n) is 19.5. The summed E-state index contributed by atoms with van der Waals surface area (Å²) in [5.74, 6) is 0.313. The van der Waals surface area contributed by atoms with Crippen molar-refractivity contribution in [2.75, 3.05) is 7.11 Å². The summed E-state index contributed by atoms with van der Waals surface area (Å²) in [5.41, 5.74) is 2.97. The van der Waals surface area contributed by atoms with Gasteiger partial charge in [-0.1, -0.05) is 31.5 Å². The molecule has 4 atom stereocenters. The van der Waals surface area contributed by atoms with Crippen LogP contribution in [0.15, 0.2) is 42.5 Å². The maximum atomic E-state index is 12.2. The Hall–Kier alpha value is -2.53. The summed E-state index contributed by atoms with van der Waals surface area (Å²) in [4.78, 5) is 12.2. The number of hydrogen-bond donors (Lipinski definition) is 1. The van der Waals surface area contributed by atoms with Gasteiger partial charge in [0.1, 0.15) is 17.1 Å². The molecule has 1 N–H and O–H groups in total. The highest BCUT2D eigenvalue weighted by atomic mass is 16.5. The second-order valence-electron chi connectivity index (χ2n) is 9.60. The maximum absolute atomic E-state index is 12.2. The van der Waals surface area contributed by atoms with Gasteiger partial charge in [0, 0.05) is 11.5 Å². The Balaban J connectivity index is 1.61. The van der Waals surface area contributed by atoms with Gasteiger partial charge in [0.15, 0.2) is 0 Å². The number of aliphatic carboxylic acids is 1. The van der Waals surface area contributed by atoms with E-state index in [1.54, 1.807) is 7.11 Å². The number of carbonyl (C=O) groups is 1. The normalized spacial score (nSPS) is 25.9. The number of benzene rings is 2. The van der Waals surface area contributed by atoms with Crippen molar-refractivity contribution < 1.29 is 24.1 Å². The fourth-order valence-corrected chi connectivity index (χ4v) is 5.25. The lowest BCUT2D eigenvalue weighted by Gasteiger charge is -2.50. The van der Waals surface area contributed by atoms with E-state index in [9.17, 15) is 9.90 Å². The fourth-order valence-electron chi connectivity index (χ4n) is 5.25. The zero-order chi connectivity index (χ0) is 22.9. The van der Waals surface area contributed by atoms with Gasteiger partial charge in [-0.15, -0.1) is 0 Å². The van der Waals surface area contributed by atoms with Crippen molar-refractivity contribution in [1.29, 1.82) is 0 Å². The van der Waals surface area contributed by atoms with Crippen LogP contribution in [0, 0.1) is 11.8 Å².